The Morgan fingerprint density at radius 3 is 1.69 bits per heavy atom. The Morgan fingerprint density at radius 1 is 0.657 bits per heavy atom. The quantitative estimate of drug-likeness (QED) is 0.209. The zero-order chi connectivity index (χ0) is 24.3. The van der Waals surface area contributed by atoms with Crippen LogP contribution in [0.4, 0.5) is 0 Å². The number of carbonyl (C=O) groups excluding carboxylic acids is 2. The van der Waals surface area contributed by atoms with E-state index in [1.54, 1.807) is 6.08 Å². The minimum Gasteiger partial charge on any atom is -0.461 e. The van der Waals surface area contributed by atoms with Gasteiger partial charge in [-0.25, -0.2) is 4.79 Å². The van der Waals surface area contributed by atoms with Gasteiger partial charge in [0.25, 0.3) is 0 Å². The lowest BCUT2D eigenvalue weighted by atomic mass is 10.0. The Bertz CT molecular complexity index is 1210. The molecule has 0 aliphatic heterocycles. The van der Waals surface area contributed by atoms with E-state index in [9.17, 15) is 9.59 Å². The number of esters is 2. The number of carbonyl (C=O) groups is 2. The van der Waals surface area contributed by atoms with E-state index in [0.717, 1.165) is 16.7 Å². The average Bonchev–Trinajstić information content (AvgIpc) is 2.93. The minimum atomic E-state index is -0.581. The highest BCUT2D eigenvalue weighted by Crippen LogP contribution is 2.29. The molecule has 0 bridgehead atoms. The van der Waals surface area contributed by atoms with Crippen molar-refractivity contribution in [1.29, 1.82) is 0 Å². The molecule has 4 aromatic carbocycles. The van der Waals surface area contributed by atoms with Crippen LogP contribution in [0.2, 0.25) is 0 Å². The minimum absolute atomic E-state index is 0.0481. The monoisotopic (exact) mass is 462 g/mol. The van der Waals surface area contributed by atoms with Gasteiger partial charge in [-0.15, -0.1) is 0 Å². The van der Waals surface area contributed by atoms with E-state index in [2.05, 4.69) is 0 Å². The van der Waals surface area contributed by atoms with Crippen molar-refractivity contribution in [3.05, 3.63) is 150 Å². The van der Waals surface area contributed by atoms with Crippen LogP contribution in [-0.2, 0) is 25.7 Å². The molecule has 0 radical (unpaired) electrons. The molecule has 0 spiro atoms. The fourth-order valence-corrected chi connectivity index (χ4v) is 3.67. The van der Waals surface area contributed by atoms with Gasteiger partial charge in [0.15, 0.2) is 6.10 Å². The van der Waals surface area contributed by atoms with Crippen molar-refractivity contribution in [1.82, 2.24) is 0 Å². The van der Waals surface area contributed by atoms with Gasteiger partial charge in [0.2, 0.25) is 0 Å². The van der Waals surface area contributed by atoms with Crippen LogP contribution in [0.15, 0.2) is 127 Å². The van der Waals surface area contributed by atoms with Gasteiger partial charge < -0.3 is 9.47 Å². The van der Waals surface area contributed by atoms with Gasteiger partial charge in [-0.1, -0.05) is 127 Å². The standard InChI is InChI=1S/C31H26O4/c32-29(34-23-24-13-5-1-6-14-24)22-21-28(25-15-7-2-8-16-25)31(33)35-30(26-17-9-3-10-18-26)27-19-11-4-12-20-27/h1-21,30H,22-23H2. The molecule has 174 valence electrons. The number of hydrogen-bond acceptors (Lipinski definition) is 4. The summed E-state index contributed by atoms with van der Waals surface area (Å²) in [6.45, 7) is 0.183. The van der Waals surface area contributed by atoms with Crippen molar-refractivity contribution in [2.45, 2.75) is 19.1 Å². The molecule has 0 unspecified atom stereocenters. The van der Waals surface area contributed by atoms with E-state index in [0.29, 0.717) is 11.1 Å². The fraction of sp³-hybridized carbons (Fsp3) is 0.0968. The fourth-order valence-electron chi connectivity index (χ4n) is 3.67. The summed E-state index contributed by atoms with van der Waals surface area (Å²) in [6.07, 6.45) is 0.952. The predicted octanol–water partition coefficient (Wildman–Crippen LogP) is 6.54. The molecule has 0 aliphatic rings. The van der Waals surface area contributed by atoms with Crippen LogP contribution in [0.5, 0.6) is 0 Å². The van der Waals surface area contributed by atoms with Crippen LogP contribution in [0.25, 0.3) is 5.57 Å². The Balaban J connectivity index is 1.55. The molecule has 0 aliphatic carbocycles. The maximum absolute atomic E-state index is 13.4. The summed E-state index contributed by atoms with van der Waals surface area (Å²) in [7, 11) is 0. The van der Waals surface area contributed by atoms with Crippen molar-refractivity contribution < 1.29 is 19.1 Å². The lowest BCUT2D eigenvalue weighted by molar-refractivity contribution is -0.143. The summed E-state index contributed by atoms with van der Waals surface area (Å²) in [5.41, 5.74) is 3.62. The molecule has 35 heavy (non-hydrogen) atoms. The third-order valence-electron chi connectivity index (χ3n) is 5.45. The van der Waals surface area contributed by atoms with E-state index < -0.39 is 18.0 Å². The summed E-state index contributed by atoms with van der Waals surface area (Å²) < 4.78 is 11.4. The third kappa shape index (κ3) is 6.78. The molecule has 0 amide bonds. The lowest BCUT2D eigenvalue weighted by Gasteiger charge is -2.20. The number of benzene rings is 4. The second-order valence-electron chi connectivity index (χ2n) is 7.94. The van der Waals surface area contributed by atoms with Crippen LogP contribution in [0.3, 0.4) is 0 Å². The van der Waals surface area contributed by atoms with Crippen molar-refractivity contribution in [2.75, 3.05) is 0 Å². The Morgan fingerprint density at radius 2 is 1.14 bits per heavy atom. The van der Waals surface area contributed by atoms with Crippen molar-refractivity contribution in [2.24, 2.45) is 0 Å². The van der Waals surface area contributed by atoms with Crippen molar-refractivity contribution in [3.63, 3.8) is 0 Å². The first-order chi connectivity index (χ1) is 17.2. The molecule has 0 N–H and O–H groups in total. The Kier molecular flexibility index (Phi) is 8.23. The zero-order valence-electron chi connectivity index (χ0n) is 19.2. The SMILES string of the molecule is O=C(CC=C(C(=O)OC(c1ccccc1)c1ccccc1)c1ccccc1)OCc1ccccc1. The van der Waals surface area contributed by atoms with E-state index in [4.69, 9.17) is 9.47 Å². The van der Waals surface area contributed by atoms with Gasteiger partial charge in [0, 0.05) is 0 Å². The van der Waals surface area contributed by atoms with Crippen LogP contribution < -0.4 is 0 Å². The smallest absolute Gasteiger partial charge is 0.339 e. The first-order valence-electron chi connectivity index (χ1n) is 11.5. The molecule has 4 nitrogen and oxygen atoms in total. The van der Waals surface area contributed by atoms with Crippen molar-refractivity contribution >= 4 is 17.5 Å². The lowest BCUT2D eigenvalue weighted by Crippen LogP contribution is -2.15. The van der Waals surface area contributed by atoms with Crippen LogP contribution in [0.1, 0.15) is 34.8 Å². The topological polar surface area (TPSA) is 52.6 Å². The van der Waals surface area contributed by atoms with Crippen LogP contribution in [-0.4, -0.2) is 11.9 Å². The van der Waals surface area contributed by atoms with E-state index in [-0.39, 0.29) is 13.0 Å². The van der Waals surface area contributed by atoms with Gasteiger partial charge in [0.1, 0.15) is 6.61 Å². The molecule has 0 aromatic heterocycles. The highest BCUT2D eigenvalue weighted by Gasteiger charge is 2.22. The zero-order valence-corrected chi connectivity index (χ0v) is 19.2. The third-order valence-corrected chi connectivity index (χ3v) is 5.45. The van der Waals surface area contributed by atoms with Crippen LogP contribution in [0, 0.1) is 0 Å². The molecule has 0 atom stereocenters. The molecule has 0 heterocycles. The summed E-state index contributed by atoms with van der Waals surface area (Å²) in [6, 6.07) is 37.9. The largest absolute Gasteiger partial charge is 0.461 e. The van der Waals surface area contributed by atoms with Gasteiger partial charge in [-0.3, -0.25) is 4.79 Å². The summed E-state index contributed by atoms with van der Waals surface area (Å²) in [4.78, 5) is 25.9. The maximum atomic E-state index is 13.4. The first-order valence-corrected chi connectivity index (χ1v) is 11.5. The van der Waals surface area contributed by atoms with Gasteiger partial charge in [-0.2, -0.15) is 0 Å². The summed E-state index contributed by atoms with van der Waals surface area (Å²) in [5.74, 6) is -0.928. The summed E-state index contributed by atoms with van der Waals surface area (Å²) >= 11 is 0. The van der Waals surface area contributed by atoms with Gasteiger partial charge in [0.05, 0.1) is 12.0 Å². The molecular weight excluding hydrogens is 436 g/mol. The highest BCUT2D eigenvalue weighted by atomic mass is 16.5. The number of ether oxygens (including phenoxy) is 2. The van der Waals surface area contributed by atoms with Crippen molar-refractivity contribution in [3.8, 4) is 0 Å². The normalized spacial score (nSPS) is 11.2. The summed E-state index contributed by atoms with van der Waals surface area (Å²) in [5, 5.41) is 0. The maximum Gasteiger partial charge on any atom is 0.339 e. The molecule has 4 aromatic rings. The number of hydrogen-bond donors (Lipinski definition) is 0. The van der Waals surface area contributed by atoms with E-state index in [1.807, 2.05) is 121 Å². The molecule has 4 rings (SSSR count). The Labute approximate surface area is 205 Å². The molecule has 0 saturated heterocycles. The highest BCUT2D eigenvalue weighted by molar-refractivity contribution is 6.17. The Hall–Kier alpha value is -4.44. The number of rotatable bonds is 9. The molecule has 4 heteroatoms. The first kappa shape index (κ1) is 23.7. The van der Waals surface area contributed by atoms with Crippen LogP contribution >= 0.6 is 0 Å². The van der Waals surface area contributed by atoms with Gasteiger partial charge >= 0.3 is 11.9 Å². The second-order valence-corrected chi connectivity index (χ2v) is 7.94. The molecular formula is C31H26O4. The predicted molar refractivity (Wildman–Crippen MR) is 136 cm³/mol. The average molecular weight is 463 g/mol. The molecule has 0 saturated carbocycles. The van der Waals surface area contributed by atoms with E-state index >= 15 is 0 Å². The second kappa shape index (κ2) is 12.1. The van der Waals surface area contributed by atoms with E-state index in [1.165, 1.54) is 0 Å². The molecule has 0 fully saturated rings. The van der Waals surface area contributed by atoms with Gasteiger partial charge in [-0.05, 0) is 22.3 Å².